The lowest BCUT2D eigenvalue weighted by molar-refractivity contribution is 0.0994. The van der Waals surface area contributed by atoms with Gasteiger partial charge < -0.3 is 9.73 Å². The van der Waals surface area contributed by atoms with Gasteiger partial charge in [-0.25, -0.2) is 17.6 Å². The maximum absolute atomic E-state index is 13.3. The number of nitrogens with one attached hydrogen (secondary N) is 1. The molecule has 0 bridgehead atoms. The average molecular weight is 516 g/mol. The Morgan fingerprint density at radius 3 is 2.44 bits per heavy atom. The minimum Gasteiger partial charge on any atom is -0.454 e. The lowest BCUT2D eigenvalue weighted by Crippen LogP contribution is -2.10. The summed E-state index contributed by atoms with van der Waals surface area (Å²) in [6.45, 7) is 0.0376. The Bertz CT molecular complexity index is 1300. The molecule has 1 amide bonds. The molecule has 0 atom stereocenters. The second-order valence-corrected chi connectivity index (χ2v) is 7.93. The molecule has 0 aliphatic rings. The molecule has 34 heavy (non-hydrogen) atoms. The first-order valence-electron chi connectivity index (χ1n) is 9.70. The number of nitrogens with zero attached hydrogens (tertiary/aromatic N) is 4. The summed E-state index contributed by atoms with van der Waals surface area (Å²) in [4.78, 5) is 12.5. The molecule has 0 aliphatic carbocycles. The highest BCUT2D eigenvalue weighted by Gasteiger charge is 2.28. The average Bonchev–Trinajstić information content (AvgIpc) is 3.49. The second-order valence-electron chi connectivity index (χ2n) is 7.12. The van der Waals surface area contributed by atoms with Crippen LogP contribution in [0.1, 0.15) is 46.1 Å². The van der Waals surface area contributed by atoms with Crippen molar-refractivity contribution >= 4 is 34.8 Å². The maximum Gasteiger partial charge on any atom is 0.291 e. The number of rotatable bonds is 8. The number of hydrogen-bond donors (Lipinski definition) is 1. The van der Waals surface area contributed by atoms with Crippen LogP contribution in [0.25, 0.3) is 0 Å². The summed E-state index contributed by atoms with van der Waals surface area (Å²) in [5.41, 5.74) is -0.445. The van der Waals surface area contributed by atoms with E-state index in [4.69, 9.17) is 27.6 Å². The number of furan rings is 1. The van der Waals surface area contributed by atoms with E-state index in [0.29, 0.717) is 21.9 Å². The third-order valence-corrected chi connectivity index (χ3v) is 5.35. The normalized spacial score (nSPS) is 11.5. The van der Waals surface area contributed by atoms with Crippen LogP contribution in [-0.2, 0) is 13.1 Å². The van der Waals surface area contributed by atoms with Gasteiger partial charge in [0, 0.05) is 11.2 Å². The Balaban J connectivity index is 1.43. The molecule has 0 radical (unpaired) electrons. The smallest absolute Gasteiger partial charge is 0.291 e. The van der Waals surface area contributed by atoms with Crippen LogP contribution in [0.3, 0.4) is 0 Å². The largest absolute Gasteiger partial charge is 0.454 e. The van der Waals surface area contributed by atoms with Gasteiger partial charge >= 0.3 is 0 Å². The first kappa shape index (κ1) is 23.8. The number of aromatic nitrogens is 4. The molecule has 1 N–H and O–H groups in total. The van der Waals surface area contributed by atoms with Crippen molar-refractivity contribution < 1.29 is 26.8 Å². The Hall–Kier alpha value is -3.31. The van der Waals surface area contributed by atoms with Crippen molar-refractivity contribution in [2.75, 3.05) is 5.32 Å². The van der Waals surface area contributed by atoms with E-state index >= 15 is 0 Å². The summed E-state index contributed by atoms with van der Waals surface area (Å²) in [6, 6.07) is 9.89. The summed E-state index contributed by atoms with van der Waals surface area (Å²) >= 11 is 11.5. The van der Waals surface area contributed by atoms with Crippen LogP contribution in [0.2, 0.25) is 10.0 Å². The van der Waals surface area contributed by atoms with E-state index in [1.165, 1.54) is 18.3 Å². The molecule has 3 aromatic heterocycles. The molecule has 7 nitrogen and oxygen atoms in total. The first-order chi connectivity index (χ1) is 16.2. The van der Waals surface area contributed by atoms with Gasteiger partial charge in [-0.2, -0.15) is 10.2 Å². The summed E-state index contributed by atoms with van der Waals surface area (Å²) in [7, 11) is 0. The molecule has 3 heterocycles. The molecular formula is C21H15Cl2F4N5O2. The molecular weight excluding hydrogens is 501 g/mol. The maximum atomic E-state index is 13.3. The second kappa shape index (κ2) is 9.90. The number of benzene rings is 1. The molecule has 0 saturated heterocycles. The standard InChI is InChI=1S/C21H15Cl2F4N5O2/c22-12-3-1-11(2-4-12)8-31-9-13(7-28-31)29-21(33)15-6-5-14(34-15)10-32-18(20(26)27)16(23)17(30-32)19(24)25/h1-7,9,19-20H,8,10H2,(H,29,33). The van der Waals surface area contributed by atoms with Crippen LogP contribution in [0.5, 0.6) is 0 Å². The van der Waals surface area contributed by atoms with E-state index in [2.05, 4.69) is 15.5 Å². The minimum atomic E-state index is -3.13. The van der Waals surface area contributed by atoms with E-state index in [-0.39, 0.29) is 11.5 Å². The lowest BCUT2D eigenvalue weighted by atomic mass is 10.2. The monoisotopic (exact) mass is 515 g/mol. The third kappa shape index (κ3) is 5.26. The first-order valence-corrected chi connectivity index (χ1v) is 10.5. The highest BCUT2D eigenvalue weighted by molar-refractivity contribution is 6.32. The quantitative estimate of drug-likeness (QED) is 0.283. The fourth-order valence-corrected chi connectivity index (χ4v) is 3.58. The summed E-state index contributed by atoms with van der Waals surface area (Å²) < 4.78 is 60.2. The van der Waals surface area contributed by atoms with Crippen LogP contribution in [0, 0.1) is 0 Å². The van der Waals surface area contributed by atoms with E-state index in [1.54, 1.807) is 23.0 Å². The SMILES string of the molecule is O=C(Nc1cnn(Cc2ccc(Cl)cc2)c1)c1ccc(Cn2nc(C(F)F)c(Cl)c2C(F)F)o1. The van der Waals surface area contributed by atoms with Gasteiger partial charge in [-0.1, -0.05) is 35.3 Å². The molecule has 178 valence electrons. The molecule has 4 aromatic rings. The summed E-state index contributed by atoms with van der Waals surface area (Å²) in [6.07, 6.45) is -3.19. The number of alkyl halides is 4. The van der Waals surface area contributed by atoms with E-state index in [9.17, 15) is 22.4 Å². The van der Waals surface area contributed by atoms with Crippen LogP contribution in [-0.4, -0.2) is 25.5 Å². The minimum absolute atomic E-state index is 0.0467. The fourth-order valence-electron chi connectivity index (χ4n) is 3.16. The van der Waals surface area contributed by atoms with E-state index < -0.39 is 41.7 Å². The van der Waals surface area contributed by atoms with E-state index in [1.807, 2.05) is 12.1 Å². The number of amides is 1. The molecule has 13 heteroatoms. The number of carbonyl (C=O) groups is 1. The van der Waals surface area contributed by atoms with Crippen LogP contribution < -0.4 is 5.32 Å². The van der Waals surface area contributed by atoms with Crippen molar-refractivity contribution in [3.05, 3.63) is 87.3 Å². The van der Waals surface area contributed by atoms with Crippen molar-refractivity contribution in [3.8, 4) is 0 Å². The third-order valence-electron chi connectivity index (χ3n) is 4.71. The Kier molecular flexibility index (Phi) is 6.94. The molecule has 4 rings (SSSR count). The van der Waals surface area contributed by atoms with Gasteiger partial charge in [0.2, 0.25) is 0 Å². The highest BCUT2D eigenvalue weighted by Crippen LogP contribution is 2.35. The summed E-state index contributed by atoms with van der Waals surface area (Å²) in [5, 5.41) is 10.1. The zero-order chi connectivity index (χ0) is 24.4. The van der Waals surface area contributed by atoms with Gasteiger partial charge in [0.1, 0.15) is 17.1 Å². The molecule has 0 unspecified atom stereocenters. The number of anilines is 1. The van der Waals surface area contributed by atoms with Gasteiger partial charge in [-0.3, -0.25) is 14.2 Å². The van der Waals surface area contributed by atoms with Crippen LogP contribution in [0.4, 0.5) is 23.2 Å². The molecule has 1 aromatic carbocycles. The zero-order valence-electron chi connectivity index (χ0n) is 17.1. The molecule has 0 saturated carbocycles. The predicted molar refractivity (Wildman–Crippen MR) is 116 cm³/mol. The Morgan fingerprint density at radius 1 is 1.03 bits per heavy atom. The lowest BCUT2D eigenvalue weighted by Gasteiger charge is -2.05. The van der Waals surface area contributed by atoms with Crippen molar-refractivity contribution in [1.82, 2.24) is 19.6 Å². The number of hydrogen-bond acceptors (Lipinski definition) is 4. The highest BCUT2D eigenvalue weighted by atomic mass is 35.5. The summed E-state index contributed by atoms with van der Waals surface area (Å²) in [5.74, 6) is -0.685. The van der Waals surface area contributed by atoms with Crippen molar-refractivity contribution in [2.24, 2.45) is 0 Å². The Labute approximate surface area is 199 Å². The molecule has 0 aliphatic heterocycles. The number of halogens is 6. The van der Waals surface area contributed by atoms with Gasteiger partial charge in [0.15, 0.2) is 5.76 Å². The van der Waals surface area contributed by atoms with Gasteiger partial charge in [0.05, 0.1) is 30.0 Å². The van der Waals surface area contributed by atoms with Gasteiger partial charge in [-0.05, 0) is 29.8 Å². The topological polar surface area (TPSA) is 77.9 Å². The predicted octanol–water partition coefficient (Wildman–Crippen LogP) is 6.20. The van der Waals surface area contributed by atoms with Crippen LogP contribution in [0.15, 0.2) is 53.2 Å². The van der Waals surface area contributed by atoms with Crippen LogP contribution >= 0.6 is 23.2 Å². The molecule has 0 fully saturated rings. The van der Waals surface area contributed by atoms with Crippen molar-refractivity contribution in [2.45, 2.75) is 25.9 Å². The Morgan fingerprint density at radius 2 is 1.76 bits per heavy atom. The van der Waals surface area contributed by atoms with Gasteiger partial charge in [0.25, 0.3) is 18.8 Å². The van der Waals surface area contributed by atoms with E-state index in [0.717, 1.165) is 5.56 Å². The van der Waals surface area contributed by atoms with Crippen molar-refractivity contribution in [1.29, 1.82) is 0 Å². The van der Waals surface area contributed by atoms with Crippen molar-refractivity contribution in [3.63, 3.8) is 0 Å². The van der Waals surface area contributed by atoms with Gasteiger partial charge in [-0.15, -0.1) is 0 Å². The zero-order valence-corrected chi connectivity index (χ0v) is 18.6. The number of carbonyl (C=O) groups excluding carboxylic acids is 1. The molecule has 0 spiro atoms. The fraction of sp³-hybridized carbons (Fsp3) is 0.190.